The molecule has 1 aromatic carbocycles. The molecule has 0 bridgehead atoms. The maximum atomic E-state index is 11.5. The Morgan fingerprint density at radius 1 is 1.38 bits per heavy atom. The Hall–Kier alpha value is -1.02. The molecule has 0 heterocycles. The van der Waals surface area contributed by atoms with Crippen molar-refractivity contribution >= 4 is 17.6 Å². The van der Waals surface area contributed by atoms with Gasteiger partial charge in [0.15, 0.2) is 0 Å². The van der Waals surface area contributed by atoms with Crippen molar-refractivity contribution in [3.8, 4) is 0 Å². The van der Waals surface area contributed by atoms with E-state index < -0.39 is 0 Å². The van der Waals surface area contributed by atoms with E-state index >= 15 is 0 Å². The Labute approximate surface area is 103 Å². The van der Waals surface area contributed by atoms with Gasteiger partial charge in [0, 0.05) is 5.88 Å². The van der Waals surface area contributed by atoms with Crippen molar-refractivity contribution in [1.29, 1.82) is 0 Å². The molecule has 0 unspecified atom stereocenters. The van der Waals surface area contributed by atoms with E-state index in [0.29, 0.717) is 11.4 Å². The van der Waals surface area contributed by atoms with Crippen LogP contribution in [0, 0.1) is 0 Å². The van der Waals surface area contributed by atoms with Crippen molar-refractivity contribution in [2.75, 3.05) is 0 Å². The number of carbonyl (C=O) groups excluding carboxylic acids is 1. The smallest absolute Gasteiger partial charge is 0.338 e. The zero-order chi connectivity index (χ0) is 12.6. The normalized spacial score (nSPS) is 9.38. The summed E-state index contributed by atoms with van der Waals surface area (Å²) >= 11 is 5.66. The second kappa shape index (κ2) is 8.17. The van der Waals surface area contributed by atoms with E-state index in [9.17, 15) is 4.79 Å². The van der Waals surface area contributed by atoms with E-state index in [1.54, 1.807) is 18.2 Å². The summed E-state index contributed by atoms with van der Waals surface area (Å²) < 4.78 is 5.05. The van der Waals surface area contributed by atoms with Crippen molar-refractivity contribution in [3.05, 3.63) is 35.4 Å². The molecule has 90 valence electrons. The molecule has 1 rings (SSSR count). The molecule has 0 fully saturated rings. The summed E-state index contributed by atoms with van der Waals surface area (Å²) in [6.07, 6.45) is -0.0952. The van der Waals surface area contributed by atoms with Crippen LogP contribution in [0.25, 0.3) is 0 Å². The molecule has 0 aromatic heterocycles. The number of ether oxygens (including phenoxy) is 1. The molecule has 0 aliphatic heterocycles. The highest BCUT2D eigenvalue weighted by Gasteiger charge is 2.08. The molecule has 1 aromatic rings. The molecular formula is C13H19ClO2. The summed E-state index contributed by atoms with van der Waals surface area (Å²) in [7, 11) is 0. The van der Waals surface area contributed by atoms with Gasteiger partial charge in [-0.05, 0) is 31.5 Å². The van der Waals surface area contributed by atoms with Crippen LogP contribution in [-0.2, 0) is 10.6 Å². The highest BCUT2D eigenvalue weighted by Crippen LogP contribution is 2.09. The van der Waals surface area contributed by atoms with Gasteiger partial charge in [-0.2, -0.15) is 0 Å². The topological polar surface area (TPSA) is 26.3 Å². The van der Waals surface area contributed by atoms with Crippen molar-refractivity contribution in [2.45, 2.75) is 39.7 Å². The van der Waals surface area contributed by atoms with Crippen LogP contribution in [0.5, 0.6) is 0 Å². The number of halogens is 1. The molecule has 0 radical (unpaired) electrons. The molecule has 0 amide bonds. The number of rotatable bonds is 3. The number of benzene rings is 1. The van der Waals surface area contributed by atoms with Gasteiger partial charge in [0.05, 0.1) is 11.7 Å². The summed E-state index contributed by atoms with van der Waals surface area (Å²) in [4.78, 5) is 11.5. The minimum atomic E-state index is -0.299. The fraction of sp³-hybridized carbons (Fsp3) is 0.462. The lowest BCUT2D eigenvalue weighted by Gasteiger charge is -2.08. The van der Waals surface area contributed by atoms with Crippen molar-refractivity contribution < 1.29 is 9.53 Å². The van der Waals surface area contributed by atoms with Crippen LogP contribution in [0.4, 0.5) is 0 Å². The average molecular weight is 243 g/mol. The molecule has 0 saturated carbocycles. The van der Waals surface area contributed by atoms with E-state index in [-0.39, 0.29) is 12.1 Å². The molecule has 0 atom stereocenters. The van der Waals surface area contributed by atoms with Gasteiger partial charge in [-0.3, -0.25) is 0 Å². The van der Waals surface area contributed by atoms with Gasteiger partial charge in [0.25, 0.3) is 0 Å². The van der Waals surface area contributed by atoms with Gasteiger partial charge in [0.1, 0.15) is 0 Å². The molecule has 0 saturated heterocycles. The molecule has 0 aliphatic rings. The third-order valence-electron chi connectivity index (χ3n) is 1.66. The molecular weight excluding hydrogens is 224 g/mol. The van der Waals surface area contributed by atoms with E-state index in [1.165, 1.54) is 0 Å². The number of alkyl halides is 1. The number of carbonyl (C=O) groups is 1. The van der Waals surface area contributed by atoms with Crippen LogP contribution in [0.15, 0.2) is 24.3 Å². The standard InChI is InChI=1S/C11H13ClO2.C2H6/c1-8(2)14-11(13)10-5-3-4-9(6-10)7-12;1-2/h3-6,8H,7H2,1-2H3;1-2H3. The lowest BCUT2D eigenvalue weighted by molar-refractivity contribution is 0.0378. The largest absolute Gasteiger partial charge is 0.459 e. The number of esters is 1. The fourth-order valence-corrected chi connectivity index (χ4v) is 1.23. The fourth-order valence-electron chi connectivity index (χ4n) is 1.06. The Bertz CT molecular complexity index is 321. The molecule has 2 nitrogen and oxygen atoms in total. The summed E-state index contributed by atoms with van der Waals surface area (Å²) in [6, 6.07) is 7.15. The zero-order valence-electron chi connectivity index (χ0n) is 10.3. The zero-order valence-corrected chi connectivity index (χ0v) is 11.0. The van der Waals surface area contributed by atoms with E-state index in [1.807, 2.05) is 33.8 Å². The summed E-state index contributed by atoms with van der Waals surface area (Å²) in [5.74, 6) is 0.106. The maximum absolute atomic E-state index is 11.5. The van der Waals surface area contributed by atoms with Crippen LogP contribution in [0.3, 0.4) is 0 Å². The highest BCUT2D eigenvalue weighted by atomic mass is 35.5. The van der Waals surface area contributed by atoms with Gasteiger partial charge in [0.2, 0.25) is 0 Å². The average Bonchev–Trinajstić information content (AvgIpc) is 2.31. The van der Waals surface area contributed by atoms with E-state index in [4.69, 9.17) is 16.3 Å². The third-order valence-corrected chi connectivity index (χ3v) is 1.97. The van der Waals surface area contributed by atoms with Crippen LogP contribution in [0.2, 0.25) is 0 Å². The van der Waals surface area contributed by atoms with Crippen LogP contribution >= 0.6 is 11.6 Å². The first kappa shape index (κ1) is 15.0. The van der Waals surface area contributed by atoms with Crippen LogP contribution < -0.4 is 0 Å². The van der Waals surface area contributed by atoms with Crippen molar-refractivity contribution in [2.24, 2.45) is 0 Å². The molecule has 3 heteroatoms. The SMILES string of the molecule is CC.CC(C)OC(=O)c1cccc(CCl)c1. The summed E-state index contributed by atoms with van der Waals surface area (Å²) in [6.45, 7) is 7.65. The third kappa shape index (κ3) is 5.17. The van der Waals surface area contributed by atoms with Crippen molar-refractivity contribution in [3.63, 3.8) is 0 Å². The van der Waals surface area contributed by atoms with Gasteiger partial charge in [-0.1, -0.05) is 26.0 Å². The first-order valence-corrected chi connectivity index (χ1v) is 6.03. The first-order chi connectivity index (χ1) is 7.63. The molecule has 0 aliphatic carbocycles. The molecule has 0 N–H and O–H groups in total. The Morgan fingerprint density at radius 2 is 2.00 bits per heavy atom. The lowest BCUT2D eigenvalue weighted by Crippen LogP contribution is -2.11. The number of hydrogen-bond donors (Lipinski definition) is 0. The summed E-state index contributed by atoms with van der Waals surface area (Å²) in [5, 5.41) is 0. The Kier molecular flexibility index (Phi) is 7.65. The predicted octanol–water partition coefficient (Wildman–Crippen LogP) is 4.02. The van der Waals surface area contributed by atoms with E-state index in [0.717, 1.165) is 5.56 Å². The summed E-state index contributed by atoms with van der Waals surface area (Å²) in [5.41, 5.74) is 1.47. The Balaban J connectivity index is 0.00000106. The Morgan fingerprint density at radius 3 is 2.50 bits per heavy atom. The van der Waals surface area contributed by atoms with E-state index in [2.05, 4.69) is 0 Å². The van der Waals surface area contributed by atoms with Gasteiger partial charge < -0.3 is 4.74 Å². The second-order valence-corrected chi connectivity index (χ2v) is 3.56. The number of hydrogen-bond acceptors (Lipinski definition) is 2. The highest BCUT2D eigenvalue weighted by molar-refractivity contribution is 6.17. The van der Waals surface area contributed by atoms with Gasteiger partial charge in [-0.15, -0.1) is 11.6 Å². The quantitative estimate of drug-likeness (QED) is 0.591. The molecule has 0 spiro atoms. The lowest BCUT2D eigenvalue weighted by atomic mass is 10.1. The second-order valence-electron chi connectivity index (χ2n) is 3.29. The maximum Gasteiger partial charge on any atom is 0.338 e. The monoisotopic (exact) mass is 242 g/mol. The van der Waals surface area contributed by atoms with Gasteiger partial charge >= 0.3 is 5.97 Å². The van der Waals surface area contributed by atoms with Gasteiger partial charge in [-0.25, -0.2) is 4.79 Å². The predicted molar refractivity (Wildman–Crippen MR) is 67.9 cm³/mol. The molecule has 16 heavy (non-hydrogen) atoms. The first-order valence-electron chi connectivity index (χ1n) is 5.49. The minimum Gasteiger partial charge on any atom is -0.459 e. The minimum absolute atomic E-state index is 0.0952. The van der Waals surface area contributed by atoms with Crippen molar-refractivity contribution in [1.82, 2.24) is 0 Å². The van der Waals surface area contributed by atoms with Crippen LogP contribution in [0.1, 0.15) is 43.6 Å². The van der Waals surface area contributed by atoms with Crippen LogP contribution in [-0.4, -0.2) is 12.1 Å².